The van der Waals surface area contributed by atoms with Crippen LogP contribution in [0.5, 0.6) is 0 Å². The molecule has 1 heterocycles. The van der Waals surface area contributed by atoms with Crippen LogP contribution >= 0.6 is 11.6 Å². The molecule has 18 heavy (non-hydrogen) atoms. The summed E-state index contributed by atoms with van der Waals surface area (Å²) in [5, 5.41) is 3.14. The smallest absolute Gasteiger partial charge is 0.246 e. The minimum absolute atomic E-state index is 0.0397. The Balaban J connectivity index is 2.07. The second kappa shape index (κ2) is 5.37. The van der Waals surface area contributed by atoms with E-state index in [-0.39, 0.29) is 24.9 Å². The lowest BCUT2D eigenvalue weighted by Crippen LogP contribution is -2.41. The highest BCUT2D eigenvalue weighted by Crippen LogP contribution is 2.33. The van der Waals surface area contributed by atoms with Gasteiger partial charge in [0, 0.05) is 17.3 Å². The first-order chi connectivity index (χ1) is 8.63. The summed E-state index contributed by atoms with van der Waals surface area (Å²) in [7, 11) is 0. The predicted molar refractivity (Wildman–Crippen MR) is 69.6 cm³/mol. The average molecular weight is 268 g/mol. The third-order valence-electron chi connectivity index (χ3n) is 2.89. The molecule has 96 valence electrons. The Bertz CT molecular complexity index is 490. The van der Waals surface area contributed by atoms with Gasteiger partial charge in [0.2, 0.25) is 11.8 Å². The van der Waals surface area contributed by atoms with Crippen molar-refractivity contribution in [2.24, 2.45) is 5.73 Å². The maximum absolute atomic E-state index is 12.0. The molecule has 2 amide bonds. The van der Waals surface area contributed by atoms with Gasteiger partial charge in [0.1, 0.15) is 0 Å². The summed E-state index contributed by atoms with van der Waals surface area (Å²) >= 11 is 6.07. The summed E-state index contributed by atoms with van der Waals surface area (Å²) in [5.74, 6) is -0.494. The number of nitrogens with two attached hydrogens (primary N) is 1. The van der Waals surface area contributed by atoms with Crippen LogP contribution in [0.2, 0.25) is 5.02 Å². The van der Waals surface area contributed by atoms with Crippen molar-refractivity contribution >= 4 is 29.1 Å². The second-order valence-electron chi connectivity index (χ2n) is 4.01. The molecule has 2 rings (SSSR count). The fourth-order valence-corrected chi connectivity index (χ4v) is 2.26. The molecule has 0 radical (unpaired) electrons. The van der Waals surface area contributed by atoms with Gasteiger partial charge < -0.3 is 16.0 Å². The van der Waals surface area contributed by atoms with Gasteiger partial charge in [0.25, 0.3) is 0 Å². The third-order valence-corrected chi connectivity index (χ3v) is 3.25. The summed E-state index contributed by atoms with van der Waals surface area (Å²) in [6.07, 6.45) is 0.742. The van der Waals surface area contributed by atoms with Crippen LogP contribution in [-0.4, -0.2) is 31.4 Å². The molecule has 0 aliphatic carbocycles. The second-order valence-corrected chi connectivity index (χ2v) is 4.42. The first-order valence-corrected chi connectivity index (χ1v) is 6.06. The fraction of sp³-hybridized carbons (Fsp3) is 0.333. The molecule has 3 N–H and O–H groups in total. The number of carbonyl (C=O) groups excluding carboxylic acids is 2. The van der Waals surface area contributed by atoms with Crippen molar-refractivity contribution in [2.45, 2.75) is 6.42 Å². The Morgan fingerprint density at radius 2 is 2.22 bits per heavy atom. The number of hydrogen-bond donors (Lipinski definition) is 2. The van der Waals surface area contributed by atoms with Crippen LogP contribution in [0.3, 0.4) is 0 Å². The maximum atomic E-state index is 12.0. The zero-order chi connectivity index (χ0) is 13.1. The molecule has 1 aromatic carbocycles. The SMILES string of the molecule is NCC(=O)NCC(=O)N1CCc2c(Cl)cccc21. The van der Waals surface area contributed by atoms with E-state index in [1.165, 1.54) is 0 Å². The van der Waals surface area contributed by atoms with Gasteiger partial charge in [-0.15, -0.1) is 0 Å². The van der Waals surface area contributed by atoms with E-state index in [4.69, 9.17) is 17.3 Å². The maximum Gasteiger partial charge on any atom is 0.246 e. The number of nitrogens with one attached hydrogen (secondary N) is 1. The lowest BCUT2D eigenvalue weighted by molar-refractivity contribution is -0.124. The number of carbonyl (C=O) groups is 2. The normalized spacial score (nSPS) is 13.3. The quantitative estimate of drug-likeness (QED) is 0.827. The van der Waals surface area contributed by atoms with Crippen molar-refractivity contribution in [3.8, 4) is 0 Å². The van der Waals surface area contributed by atoms with Gasteiger partial charge in [-0.25, -0.2) is 0 Å². The average Bonchev–Trinajstić information content (AvgIpc) is 2.81. The minimum atomic E-state index is -0.339. The van der Waals surface area contributed by atoms with Crippen molar-refractivity contribution in [1.29, 1.82) is 0 Å². The van der Waals surface area contributed by atoms with E-state index >= 15 is 0 Å². The van der Waals surface area contributed by atoms with Gasteiger partial charge in [0.15, 0.2) is 0 Å². The molecule has 0 saturated carbocycles. The van der Waals surface area contributed by atoms with E-state index in [1.54, 1.807) is 4.90 Å². The molecule has 0 fully saturated rings. The van der Waals surface area contributed by atoms with E-state index in [9.17, 15) is 9.59 Å². The Labute approximate surface area is 110 Å². The molecular formula is C12H14ClN3O2. The zero-order valence-electron chi connectivity index (χ0n) is 9.78. The Kier molecular flexibility index (Phi) is 3.84. The van der Waals surface area contributed by atoms with Gasteiger partial charge in [0.05, 0.1) is 13.1 Å². The van der Waals surface area contributed by atoms with Crippen LogP contribution in [0.15, 0.2) is 18.2 Å². The number of nitrogens with zero attached hydrogens (tertiary/aromatic N) is 1. The first-order valence-electron chi connectivity index (χ1n) is 5.68. The predicted octanol–water partition coefficient (Wildman–Crippen LogP) is 0.304. The van der Waals surface area contributed by atoms with Crippen LogP contribution in [0.25, 0.3) is 0 Å². The van der Waals surface area contributed by atoms with E-state index in [0.29, 0.717) is 11.6 Å². The molecular weight excluding hydrogens is 254 g/mol. The molecule has 0 spiro atoms. The lowest BCUT2D eigenvalue weighted by Gasteiger charge is -2.17. The summed E-state index contributed by atoms with van der Waals surface area (Å²) in [5.41, 5.74) is 6.97. The highest BCUT2D eigenvalue weighted by atomic mass is 35.5. The zero-order valence-corrected chi connectivity index (χ0v) is 10.5. The van der Waals surface area contributed by atoms with E-state index < -0.39 is 0 Å². The van der Waals surface area contributed by atoms with E-state index in [2.05, 4.69) is 5.32 Å². The van der Waals surface area contributed by atoms with Gasteiger partial charge in [-0.3, -0.25) is 9.59 Å². The van der Waals surface area contributed by atoms with Gasteiger partial charge >= 0.3 is 0 Å². The molecule has 0 saturated heterocycles. The van der Waals surface area contributed by atoms with Crippen molar-refractivity contribution in [1.82, 2.24) is 5.32 Å². The number of hydrogen-bond acceptors (Lipinski definition) is 3. The van der Waals surface area contributed by atoms with Crippen LogP contribution < -0.4 is 16.0 Å². The Morgan fingerprint density at radius 1 is 1.44 bits per heavy atom. The van der Waals surface area contributed by atoms with Crippen LogP contribution in [0.1, 0.15) is 5.56 Å². The van der Waals surface area contributed by atoms with Gasteiger partial charge in [-0.1, -0.05) is 17.7 Å². The van der Waals surface area contributed by atoms with Crippen LogP contribution in [0.4, 0.5) is 5.69 Å². The van der Waals surface area contributed by atoms with Crippen molar-refractivity contribution in [3.63, 3.8) is 0 Å². The number of benzene rings is 1. The Morgan fingerprint density at radius 3 is 2.94 bits per heavy atom. The third kappa shape index (κ3) is 2.47. The summed E-state index contributed by atoms with van der Waals surface area (Å²) in [6.45, 7) is 0.439. The topological polar surface area (TPSA) is 75.4 Å². The monoisotopic (exact) mass is 267 g/mol. The molecule has 0 unspecified atom stereocenters. The van der Waals surface area contributed by atoms with Crippen LogP contribution in [-0.2, 0) is 16.0 Å². The molecule has 1 aliphatic heterocycles. The van der Waals surface area contributed by atoms with E-state index in [0.717, 1.165) is 17.7 Å². The molecule has 1 aromatic rings. The van der Waals surface area contributed by atoms with Gasteiger partial charge in [-0.05, 0) is 24.1 Å². The number of anilines is 1. The summed E-state index contributed by atoms with van der Waals surface area (Å²) in [6, 6.07) is 5.48. The van der Waals surface area contributed by atoms with E-state index in [1.807, 2.05) is 18.2 Å². The molecule has 6 heteroatoms. The Hall–Kier alpha value is -1.59. The largest absolute Gasteiger partial charge is 0.346 e. The molecule has 0 bridgehead atoms. The highest BCUT2D eigenvalue weighted by Gasteiger charge is 2.25. The number of fused-ring (bicyclic) bond motifs is 1. The lowest BCUT2D eigenvalue weighted by atomic mass is 10.2. The summed E-state index contributed by atoms with van der Waals surface area (Å²) < 4.78 is 0. The van der Waals surface area contributed by atoms with Crippen molar-refractivity contribution in [3.05, 3.63) is 28.8 Å². The summed E-state index contributed by atoms with van der Waals surface area (Å²) in [4.78, 5) is 24.6. The first kappa shape index (κ1) is 12.9. The van der Waals surface area contributed by atoms with Crippen molar-refractivity contribution < 1.29 is 9.59 Å². The number of amides is 2. The fourth-order valence-electron chi connectivity index (χ4n) is 1.99. The standard InChI is InChI=1S/C12H14ClN3O2/c13-9-2-1-3-10-8(9)4-5-16(10)12(18)7-15-11(17)6-14/h1-3H,4-7,14H2,(H,15,17). The van der Waals surface area contributed by atoms with Crippen LogP contribution in [0, 0.1) is 0 Å². The van der Waals surface area contributed by atoms with Crippen molar-refractivity contribution in [2.75, 3.05) is 24.5 Å². The molecule has 0 aromatic heterocycles. The molecule has 0 atom stereocenters. The van der Waals surface area contributed by atoms with Gasteiger partial charge in [-0.2, -0.15) is 0 Å². The number of rotatable bonds is 3. The number of halogens is 1. The molecule has 5 nitrogen and oxygen atoms in total. The molecule has 1 aliphatic rings. The minimum Gasteiger partial charge on any atom is -0.346 e. The highest BCUT2D eigenvalue weighted by molar-refractivity contribution is 6.32.